The van der Waals surface area contributed by atoms with Crippen molar-refractivity contribution in [3.05, 3.63) is 0 Å². The molecule has 14 heavy (non-hydrogen) atoms. The van der Waals surface area contributed by atoms with Gasteiger partial charge in [0.25, 0.3) is 0 Å². The molecule has 0 rings (SSSR count). The minimum Gasteiger partial charge on any atom is -0.377 e. The van der Waals surface area contributed by atoms with Gasteiger partial charge in [0, 0.05) is 19.7 Å². The summed E-state index contributed by atoms with van der Waals surface area (Å²) in [7, 11) is 0. The summed E-state index contributed by atoms with van der Waals surface area (Å²) >= 11 is 0. The molecule has 0 amide bonds. The molecule has 0 aromatic rings. The third kappa shape index (κ3) is 6.35. The van der Waals surface area contributed by atoms with Crippen molar-refractivity contribution in [2.45, 2.75) is 39.7 Å². The topological polar surface area (TPSA) is 38.5 Å². The fourth-order valence-electron chi connectivity index (χ4n) is 1.58. The van der Waals surface area contributed by atoms with Crippen molar-refractivity contribution < 1.29 is 4.74 Å². The van der Waals surface area contributed by atoms with Crippen molar-refractivity contribution in [1.82, 2.24) is 4.90 Å². The van der Waals surface area contributed by atoms with E-state index in [0.29, 0.717) is 6.54 Å². The summed E-state index contributed by atoms with van der Waals surface area (Å²) in [6.45, 7) is 11.2. The molecule has 0 aliphatic rings. The van der Waals surface area contributed by atoms with E-state index in [0.717, 1.165) is 26.1 Å². The van der Waals surface area contributed by atoms with Gasteiger partial charge in [-0.3, -0.25) is 0 Å². The fraction of sp³-hybridized carbons (Fsp3) is 1.00. The number of nitrogens with zero attached hydrogens (tertiary/aromatic N) is 1. The summed E-state index contributed by atoms with van der Waals surface area (Å²) in [5.74, 6) is 0. The zero-order valence-corrected chi connectivity index (χ0v) is 9.96. The number of ether oxygens (including phenoxy) is 1. The summed E-state index contributed by atoms with van der Waals surface area (Å²) in [4.78, 5) is 2.45. The first kappa shape index (κ1) is 13.9. The Morgan fingerprint density at radius 2 is 1.93 bits per heavy atom. The average molecular weight is 202 g/mol. The number of hydrogen-bond donors (Lipinski definition) is 1. The van der Waals surface area contributed by atoms with Crippen LogP contribution in [0.25, 0.3) is 0 Å². The Labute approximate surface area is 88.6 Å². The van der Waals surface area contributed by atoms with Crippen LogP contribution in [0, 0.1) is 0 Å². The minimum atomic E-state index is 0.242. The van der Waals surface area contributed by atoms with E-state index in [1.54, 1.807) is 0 Å². The lowest BCUT2D eigenvalue weighted by atomic mass is 10.2. The van der Waals surface area contributed by atoms with Gasteiger partial charge in [-0.1, -0.05) is 13.8 Å². The molecule has 0 bridgehead atoms. The van der Waals surface area contributed by atoms with Crippen molar-refractivity contribution in [3.63, 3.8) is 0 Å². The van der Waals surface area contributed by atoms with Gasteiger partial charge in [0.2, 0.25) is 0 Å². The van der Waals surface area contributed by atoms with Crippen LogP contribution in [0.5, 0.6) is 0 Å². The maximum atomic E-state index is 5.62. The predicted octanol–water partition coefficient (Wildman–Crippen LogP) is 1.47. The summed E-state index contributed by atoms with van der Waals surface area (Å²) < 4.78 is 5.51. The van der Waals surface area contributed by atoms with Gasteiger partial charge in [0.15, 0.2) is 0 Å². The second-order valence-corrected chi connectivity index (χ2v) is 3.54. The van der Waals surface area contributed by atoms with Crippen LogP contribution in [0.4, 0.5) is 0 Å². The molecule has 3 heteroatoms. The highest BCUT2D eigenvalue weighted by molar-refractivity contribution is 4.63. The Kier molecular flexibility index (Phi) is 9.35. The van der Waals surface area contributed by atoms with Crippen LogP contribution in [0.15, 0.2) is 0 Å². The van der Waals surface area contributed by atoms with Crippen LogP contribution in [0.3, 0.4) is 0 Å². The van der Waals surface area contributed by atoms with Crippen molar-refractivity contribution in [2.24, 2.45) is 5.73 Å². The molecule has 1 atom stereocenters. The molecule has 0 fully saturated rings. The van der Waals surface area contributed by atoms with Gasteiger partial charge in [-0.25, -0.2) is 0 Å². The first-order chi connectivity index (χ1) is 6.78. The monoisotopic (exact) mass is 202 g/mol. The summed E-state index contributed by atoms with van der Waals surface area (Å²) in [5, 5.41) is 0. The van der Waals surface area contributed by atoms with Gasteiger partial charge < -0.3 is 15.4 Å². The zero-order valence-electron chi connectivity index (χ0n) is 9.96. The van der Waals surface area contributed by atoms with Crippen molar-refractivity contribution in [3.8, 4) is 0 Å². The predicted molar refractivity (Wildman–Crippen MR) is 61.5 cm³/mol. The van der Waals surface area contributed by atoms with Crippen LogP contribution >= 0.6 is 0 Å². The largest absolute Gasteiger partial charge is 0.377 e. The lowest BCUT2D eigenvalue weighted by molar-refractivity contribution is 0.0548. The maximum Gasteiger partial charge on any atom is 0.0709 e. The van der Waals surface area contributed by atoms with Crippen LogP contribution in [0.2, 0.25) is 0 Å². The van der Waals surface area contributed by atoms with E-state index in [1.165, 1.54) is 13.0 Å². The Hall–Kier alpha value is -0.120. The molecule has 0 radical (unpaired) electrons. The highest BCUT2D eigenvalue weighted by atomic mass is 16.5. The van der Waals surface area contributed by atoms with Crippen LogP contribution < -0.4 is 5.73 Å². The first-order valence-corrected chi connectivity index (χ1v) is 5.82. The number of nitrogens with two attached hydrogens (primary N) is 1. The van der Waals surface area contributed by atoms with Crippen LogP contribution in [-0.2, 0) is 4.74 Å². The Balaban J connectivity index is 3.63. The molecule has 0 heterocycles. The SMILES string of the molecule is CCCN(CC)CCC(CN)OCC. The zero-order chi connectivity index (χ0) is 10.8. The molecule has 86 valence electrons. The van der Waals surface area contributed by atoms with Crippen molar-refractivity contribution in [2.75, 3.05) is 32.8 Å². The second kappa shape index (κ2) is 9.44. The summed E-state index contributed by atoms with van der Waals surface area (Å²) in [6.07, 6.45) is 2.51. The highest BCUT2D eigenvalue weighted by Gasteiger charge is 2.08. The molecule has 0 saturated carbocycles. The van der Waals surface area contributed by atoms with E-state index in [2.05, 4.69) is 18.7 Å². The van der Waals surface area contributed by atoms with Crippen LogP contribution in [-0.4, -0.2) is 43.8 Å². The lowest BCUT2D eigenvalue weighted by Gasteiger charge is -2.22. The normalized spacial score (nSPS) is 13.5. The van der Waals surface area contributed by atoms with E-state index in [9.17, 15) is 0 Å². The molecular formula is C11H26N2O. The van der Waals surface area contributed by atoms with Gasteiger partial charge >= 0.3 is 0 Å². The average Bonchev–Trinajstić information content (AvgIpc) is 2.22. The Bertz CT molecular complexity index is 106. The fourth-order valence-corrected chi connectivity index (χ4v) is 1.58. The standard InChI is InChI=1S/C11H26N2O/c1-4-8-13(5-2)9-7-11(10-12)14-6-3/h11H,4-10,12H2,1-3H3. The highest BCUT2D eigenvalue weighted by Crippen LogP contribution is 2.00. The van der Waals surface area contributed by atoms with Crippen LogP contribution in [0.1, 0.15) is 33.6 Å². The van der Waals surface area contributed by atoms with Gasteiger partial charge in [-0.05, 0) is 32.9 Å². The minimum absolute atomic E-state index is 0.242. The molecule has 0 aromatic carbocycles. The van der Waals surface area contributed by atoms with Gasteiger partial charge in [0.1, 0.15) is 0 Å². The smallest absolute Gasteiger partial charge is 0.0709 e. The van der Waals surface area contributed by atoms with Gasteiger partial charge in [-0.15, -0.1) is 0 Å². The Morgan fingerprint density at radius 3 is 2.36 bits per heavy atom. The number of hydrogen-bond acceptors (Lipinski definition) is 3. The Morgan fingerprint density at radius 1 is 1.21 bits per heavy atom. The summed E-state index contributed by atoms with van der Waals surface area (Å²) in [5.41, 5.74) is 5.62. The van der Waals surface area contributed by atoms with E-state index < -0.39 is 0 Å². The van der Waals surface area contributed by atoms with E-state index in [-0.39, 0.29) is 6.10 Å². The molecule has 0 saturated heterocycles. The van der Waals surface area contributed by atoms with Gasteiger partial charge in [-0.2, -0.15) is 0 Å². The van der Waals surface area contributed by atoms with Crippen molar-refractivity contribution >= 4 is 0 Å². The molecule has 1 unspecified atom stereocenters. The molecule has 0 aliphatic heterocycles. The maximum absolute atomic E-state index is 5.62. The van der Waals surface area contributed by atoms with Gasteiger partial charge in [0.05, 0.1) is 6.10 Å². The molecule has 0 spiro atoms. The number of rotatable bonds is 9. The van der Waals surface area contributed by atoms with E-state index >= 15 is 0 Å². The summed E-state index contributed by atoms with van der Waals surface area (Å²) in [6, 6.07) is 0. The molecule has 0 aliphatic carbocycles. The molecule has 0 aromatic heterocycles. The molecule has 2 N–H and O–H groups in total. The molecular weight excluding hydrogens is 176 g/mol. The second-order valence-electron chi connectivity index (χ2n) is 3.54. The third-order valence-electron chi connectivity index (χ3n) is 2.42. The van der Waals surface area contributed by atoms with Crippen molar-refractivity contribution in [1.29, 1.82) is 0 Å². The van der Waals surface area contributed by atoms with E-state index in [4.69, 9.17) is 10.5 Å². The molecule has 3 nitrogen and oxygen atoms in total. The first-order valence-electron chi connectivity index (χ1n) is 5.82. The third-order valence-corrected chi connectivity index (χ3v) is 2.42. The lowest BCUT2D eigenvalue weighted by Crippen LogP contribution is -2.32. The van der Waals surface area contributed by atoms with E-state index in [1.807, 2.05) is 6.92 Å². The quantitative estimate of drug-likeness (QED) is 0.615.